The van der Waals surface area contributed by atoms with Crippen LogP contribution in [0, 0.1) is 5.92 Å². The van der Waals surface area contributed by atoms with E-state index in [1.165, 1.54) is 0 Å². The Morgan fingerprint density at radius 2 is 1.81 bits per heavy atom. The Bertz CT molecular complexity index is 253. The molecule has 0 aromatic rings. The van der Waals surface area contributed by atoms with Gasteiger partial charge >= 0.3 is 0 Å². The summed E-state index contributed by atoms with van der Waals surface area (Å²) in [5.74, 6) is -2.45. The maximum atomic E-state index is 12.9. The quantitative estimate of drug-likeness (QED) is 0.547. The first kappa shape index (κ1) is 13.9. The van der Waals surface area contributed by atoms with Gasteiger partial charge in [0, 0.05) is 12.8 Å². The van der Waals surface area contributed by atoms with Crippen LogP contribution in [0.1, 0.15) is 46.5 Å². The molecule has 1 atom stereocenters. The van der Waals surface area contributed by atoms with Crippen molar-refractivity contribution in [3.63, 3.8) is 0 Å². The van der Waals surface area contributed by atoms with Gasteiger partial charge in [0.15, 0.2) is 0 Å². The Kier molecular flexibility index (Phi) is 4.35. The van der Waals surface area contributed by atoms with E-state index in [1.54, 1.807) is 6.21 Å². The second-order valence-electron chi connectivity index (χ2n) is 5.31. The highest BCUT2D eigenvalue weighted by Crippen LogP contribution is 2.35. The molecule has 0 amide bonds. The standard InChI is InChI=1S/C11H19F2NOS/c1-10(2,3)16(15)14-8-9-4-6-11(12,13)7-5-9/h8-9H,4-7H2,1-3H3/b14-8-/t16-/m0/s1. The lowest BCUT2D eigenvalue weighted by molar-refractivity contribution is -0.0390. The fourth-order valence-corrected chi connectivity index (χ4v) is 2.11. The summed E-state index contributed by atoms with van der Waals surface area (Å²) < 4.78 is 40.9. The monoisotopic (exact) mass is 251 g/mol. The predicted molar refractivity (Wildman–Crippen MR) is 63.3 cm³/mol. The van der Waals surface area contributed by atoms with Gasteiger partial charge in [-0.25, -0.2) is 8.78 Å². The average molecular weight is 251 g/mol. The largest absolute Gasteiger partial charge is 0.591 e. The van der Waals surface area contributed by atoms with Crippen molar-refractivity contribution < 1.29 is 13.3 Å². The first-order chi connectivity index (χ1) is 7.21. The molecule has 1 aliphatic carbocycles. The van der Waals surface area contributed by atoms with Gasteiger partial charge in [-0.1, -0.05) is 4.40 Å². The second-order valence-corrected chi connectivity index (χ2v) is 7.24. The van der Waals surface area contributed by atoms with E-state index in [0.29, 0.717) is 12.8 Å². The zero-order chi connectivity index (χ0) is 12.4. The lowest BCUT2D eigenvalue weighted by Gasteiger charge is -2.26. The van der Waals surface area contributed by atoms with Gasteiger partial charge in [0.05, 0.1) is 6.21 Å². The molecule has 94 valence electrons. The normalized spacial score (nSPS) is 24.9. The molecule has 0 radical (unpaired) electrons. The third kappa shape index (κ3) is 4.37. The Labute approximate surface area is 98.8 Å². The van der Waals surface area contributed by atoms with E-state index in [-0.39, 0.29) is 23.5 Å². The SMILES string of the molecule is CC(C)(C)[S@+]([O-])/N=C\C1CCC(F)(F)CC1. The van der Waals surface area contributed by atoms with Gasteiger partial charge in [-0.15, -0.1) is 0 Å². The summed E-state index contributed by atoms with van der Waals surface area (Å²) in [5.41, 5.74) is 0. The number of alkyl halides is 2. The van der Waals surface area contributed by atoms with Crippen LogP contribution in [-0.4, -0.2) is 21.4 Å². The smallest absolute Gasteiger partial charge is 0.248 e. The summed E-state index contributed by atoms with van der Waals surface area (Å²) in [6, 6.07) is 0. The molecular formula is C11H19F2NOS. The van der Waals surface area contributed by atoms with Crippen molar-refractivity contribution in [2.24, 2.45) is 10.3 Å². The third-order valence-corrected chi connectivity index (χ3v) is 4.01. The van der Waals surface area contributed by atoms with Gasteiger partial charge in [-0.05, 0) is 39.5 Å². The molecule has 2 nitrogen and oxygen atoms in total. The first-order valence-electron chi connectivity index (χ1n) is 5.55. The van der Waals surface area contributed by atoms with Gasteiger partial charge in [0.2, 0.25) is 5.92 Å². The number of hydrogen-bond donors (Lipinski definition) is 0. The number of nitrogens with zero attached hydrogens (tertiary/aromatic N) is 1. The van der Waals surface area contributed by atoms with Crippen molar-refractivity contribution in [1.29, 1.82) is 0 Å². The molecular weight excluding hydrogens is 232 g/mol. The van der Waals surface area contributed by atoms with Crippen molar-refractivity contribution in [2.75, 3.05) is 0 Å². The molecule has 16 heavy (non-hydrogen) atoms. The molecule has 0 aromatic heterocycles. The lowest BCUT2D eigenvalue weighted by Crippen LogP contribution is -2.28. The molecule has 0 saturated heterocycles. The maximum Gasteiger partial charge on any atom is 0.248 e. The second kappa shape index (κ2) is 5.00. The van der Waals surface area contributed by atoms with Crippen LogP contribution in [0.2, 0.25) is 0 Å². The van der Waals surface area contributed by atoms with Gasteiger partial charge in [-0.3, -0.25) is 0 Å². The zero-order valence-corrected chi connectivity index (χ0v) is 10.8. The minimum absolute atomic E-state index is 0.0610. The van der Waals surface area contributed by atoms with Crippen molar-refractivity contribution in [3.8, 4) is 0 Å². The minimum Gasteiger partial charge on any atom is -0.591 e. The average Bonchev–Trinajstić information content (AvgIpc) is 2.14. The van der Waals surface area contributed by atoms with E-state index in [0.717, 1.165) is 0 Å². The van der Waals surface area contributed by atoms with Crippen LogP contribution in [-0.2, 0) is 11.4 Å². The van der Waals surface area contributed by atoms with Crippen LogP contribution in [0.25, 0.3) is 0 Å². The molecule has 1 aliphatic rings. The summed E-state index contributed by atoms with van der Waals surface area (Å²) in [4.78, 5) is 0. The van der Waals surface area contributed by atoms with E-state index >= 15 is 0 Å². The minimum atomic E-state index is -2.51. The van der Waals surface area contributed by atoms with Crippen molar-refractivity contribution >= 4 is 17.6 Å². The molecule has 0 spiro atoms. The summed E-state index contributed by atoms with van der Waals surface area (Å²) >= 11 is -1.28. The fourth-order valence-electron chi connectivity index (χ4n) is 1.51. The molecule has 0 unspecified atom stereocenters. The number of rotatable bonds is 2. The highest BCUT2D eigenvalue weighted by atomic mass is 32.2. The van der Waals surface area contributed by atoms with Crippen LogP contribution < -0.4 is 0 Å². The van der Waals surface area contributed by atoms with E-state index < -0.39 is 17.3 Å². The molecule has 0 aromatic carbocycles. The van der Waals surface area contributed by atoms with Gasteiger partial charge in [0.25, 0.3) is 0 Å². The van der Waals surface area contributed by atoms with Crippen LogP contribution in [0.15, 0.2) is 4.40 Å². The Morgan fingerprint density at radius 3 is 2.25 bits per heavy atom. The summed E-state index contributed by atoms with van der Waals surface area (Å²) in [6.07, 6.45) is 2.34. The summed E-state index contributed by atoms with van der Waals surface area (Å²) in [6.45, 7) is 5.53. The maximum absolute atomic E-state index is 12.9. The van der Waals surface area contributed by atoms with Crippen molar-refractivity contribution in [1.82, 2.24) is 0 Å². The molecule has 1 rings (SSSR count). The molecule has 1 saturated carbocycles. The first-order valence-corrected chi connectivity index (χ1v) is 6.65. The topological polar surface area (TPSA) is 35.4 Å². The van der Waals surface area contributed by atoms with Crippen LogP contribution in [0.5, 0.6) is 0 Å². The van der Waals surface area contributed by atoms with Crippen molar-refractivity contribution in [3.05, 3.63) is 0 Å². The van der Waals surface area contributed by atoms with Crippen LogP contribution in [0.4, 0.5) is 8.78 Å². The number of halogens is 2. The summed E-state index contributed by atoms with van der Waals surface area (Å²) in [5, 5.41) is 0. The Hall–Kier alpha value is -0.160. The Morgan fingerprint density at radius 1 is 1.31 bits per heavy atom. The van der Waals surface area contributed by atoms with E-state index in [4.69, 9.17) is 0 Å². The lowest BCUT2D eigenvalue weighted by atomic mass is 9.88. The van der Waals surface area contributed by atoms with Gasteiger partial charge in [-0.2, -0.15) is 0 Å². The Balaban J connectivity index is 2.42. The molecule has 0 heterocycles. The molecule has 5 heteroatoms. The van der Waals surface area contributed by atoms with Crippen LogP contribution in [0.3, 0.4) is 0 Å². The zero-order valence-electron chi connectivity index (χ0n) is 10.0. The van der Waals surface area contributed by atoms with E-state index in [2.05, 4.69) is 4.40 Å². The van der Waals surface area contributed by atoms with E-state index in [1.807, 2.05) is 20.8 Å². The molecule has 1 fully saturated rings. The highest BCUT2D eigenvalue weighted by molar-refractivity contribution is 7.91. The number of hydrogen-bond acceptors (Lipinski definition) is 2. The van der Waals surface area contributed by atoms with Gasteiger partial charge < -0.3 is 4.55 Å². The molecule has 0 N–H and O–H groups in total. The highest BCUT2D eigenvalue weighted by Gasteiger charge is 2.35. The third-order valence-electron chi connectivity index (χ3n) is 2.65. The van der Waals surface area contributed by atoms with Gasteiger partial charge in [0.1, 0.15) is 16.1 Å². The summed E-state index contributed by atoms with van der Waals surface area (Å²) in [7, 11) is 0. The van der Waals surface area contributed by atoms with E-state index in [9.17, 15) is 13.3 Å². The molecule has 0 aliphatic heterocycles. The fraction of sp³-hybridized carbons (Fsp3) is 0.909. The predicted octanol–water partition coefficient (Wildman–Crippen LogP) is 3.34. The van der Waals surface area contributed by atoms with Crippen molar-refractivity contribution in [2.45, 2.75) is 57.1 Å². The molecule has 0 bridgehead atoms. The van der Waals surface area contributed by atoms with Crippen LogP contribution >= 0.6 is 0 Å².